The van der Waals surface area contributed by atoms with Crippen LogP contribution in [0.4, 0.5) is 0 Å². The van der Waals surface area contributed by atoms with Gasteiger partial charge in [-0.1, -0.05) is 47.5 Å². The van der Waals surface area contributed by atoms with Crippen LogP contribution in [0, 0.1) is 6.92 Å². The number of hydrogen-bond acceptors (Lipinski definition) is 4. The van der Waals surface area contributed by atoms with Crippen LogP contribution in [0.25, 0.3) is 6.08 Å². The van der Waals surface area contributed by atoms with E-state index in [1.54, 1.807) is 37.5 Å². The van der Waals surface area contributed by atoms with Crippen LogP contribution < -0.4 is 14.2 Å². The number of ketones is 1. The highest BCUT2D eigenvalue weighted by atomic mass is 35.5. The third kappa shape index (κ3) is 3.89. The number of methoxy groups -OCH3 is 1. The van der Waals surface area contributed by atoms with Crippen LogP contribution in [-0.4, -0.2) is 12.9 Å². The van der Waals surface area contributed by atoms with Crippen LogP contribution in [0.3, 0.4) is 0 Å². The molecule has 1 aliphatic rings. The molecule has 30 heavy (non-hydrogen) atoms. The fraction of sp³-hybridized carbons (Fsp3) is 0.125. The number of rotatable bonds is 5. The average Bonchev–Trinajstić information content (AvgIpc) is 3.07. The minimum absolute atomic E-state index is 0.171. The highest BCUT2D eigenvalue weighted by Crippen LogP contribution is 2.40. The molecule has 0 bridgehead atoms. The van der Waals surface area contributed by atoms with Gasteiger partial charge in [-0.25, -0.2) is 0 Å². The first-order chi connectivity index (χ1) is 14.5. The van der Waals surface area contributed by atoms with E-state index in [1.165, 1.54) is 0 Å². The molecule has 4 nitrogen and oxygen atoms in total. The molecule has 3 aromatic carbocycles. The Hall–Kier alpha value is -2.95. The number of benzene rings is 3. The molecule has 4 rings (SSSR count). The number of para-hydroxylation sites is 1. The van der Waals surface area contributed by atoms with E-state index in [9.17, 15) is 4.79 Å². The highest BCUT2D eigenvalue weighted by molar-refractivity contribution is 6.42. The SMILES string of the molecule is COc1ccccc1/C=C1\Oc2c(ccc(OCc3ccc(Cl)c(Cl)c3)c2C)C1=O. The van der Waals surface area contributed by atoms with E-state index in [1.807, 2.05) is 37.3 Å². The van der Waals surface area contributed by atoms with E-state index in [0.29, 0.717) is 39.5 Å². The van der Waals surface area contributed by atoms with Crippen molar-refractivity contribution in [2.24, 2.45) is 0 Å². The lowest BCUT2D eigenvalue weighted by atomic mass is 10.1. The second-order valence-corrected chi connectivity index (χ2v) is 7.60. The van der Waals surface area contributed by atoms with Crippen molar-refractivity contribution in [3.63, 3.8) is 0 Å². The van der Waals surface area contributed by atoms with Crippen molar-refractivity contribution in [1.29, 1.82) is 0 Å². The molecule has 0 saturated carbocycles. The van der Waals surface area contributed by atoms with Gasteiger partial charge < -0.3 is 14.2 Å². The molecule has 0 aliphatic carbocycles. The van der Waals surface area contributed by atoms with Gasteiger partial charge in [0.2, 0.25) is 5.78 Å². The summed E-state index contributed by atoms with van der Waals surface area (Å²) in [6.07, 6.45) is 1.69. The van der Waals surface area contributed by atoms with Gasteiger partial charge in [0.15, 0.2) is 5.76 Å². The minimum atomic E-state index is -0.171. The zero-order valence-electron chi connectivity index (χ0n) is 16.4. The van der Waals surface area contributed by atoms with Gasteiger partial charge in [0.05, 0.1) is 22.7 Å². The molecule has 3 aromatic rings. The molecule has 6 heteroatoms. The van der Waals surface area contributed by atoms with Crippen molar-refractivity contribution >= 4 is 35.1 Å². The van der Waals surface area contributed by atoms with Crippen LogP contribution in [0.5, 0.6) is 17.2 Å². The zero-order chi connectivity index (χ0) is 21.3. The lowest BCUT2D eigenvalue weighted by Crippen LogP contribution is -1.98. The quantitative estimate of drug-likeness (QED) is 0.424. The van der Waals surface area contributed by atoms with Gasteiger partial charge in [-0.15, -0.1) is 0 Å². The Morgan fingerprint density at radius 1 is 1.00 bits per heavy atom. The fourth-order valence-corrected chi connectivity index (χ4v) is 3.56. The molecule has 0 fully saturated rings. The van der Waals surface area contributed by atoms with Crippen LogP contribution >= 0.6 is 23.2 Å². The first-order valence-corrected chi connectivity index (χ1v) is 10.0. The van der Waals surface area contributed by atoms with Gasteiger partial charge in [0, 0.05) is 11.1 Å². The normalized spacial score (nSPS) is 13.9. The summed E-state index contributed by atoms with van der Waals surface area (Å²) in [5.41, 5.74) is 2.92. The molecular formula is C24H18Cl2O4. The summed E-state index contributed by atoms with van der Waals surface area (Å²) in [6, 6.07) is 16.3. The van der Waals surface area contributed by atoms with Gasteiger partial charge in [-0.2, -0.15) is 0 Å². The lowest BCUT2D eigenvalue weighted by molar-refractivity contribution is 0.101. The number of ether oxygens (including phenoxy) is 3. The predicted molar refractivity (Wildman–Crippen MR) is 118 cm³/mol. The smallest absolute Gasteiger partial charge is 0.231 e. The summed E-state index contributed by atoms with van der Waals surface area (Å²) in [4.78, 5) is 12.8. The van der Waals surface area contributed by atoms with Gasteiger partial charge in [-0.3, -0.25) is 4.79 Å². The third-order valence-electron chi connectivity index (χ3n) is 4.84. The summed E-state index contributed by atoms with van der Waals surface area (Å²) in [7, 11) is 1.59. The highest BCUT2D eigenvalue weighted by Gasteiger charge is 2.30. The molecule has 0 atom stereocenters. The summed E-state index contributed by atoms with van der Waals surface area (Å²) < 4.78 is 17.2. The predicted octanol–water partition coefficient (Wildman–Crippen LogP) is 6.51. The number of carbonyl (C=O) groups excluding carboxylic acids is 1. The summed E-state index contributed by atoms with van der Waals surface area (Å²) >= 11 is 12.0. The van der Waals surface area contributed by atoms with Gasteiger partial charge >= 0.3 is 0 Å². The Morgan fingerprint density at radius 2 is 1.80 bits per heavy atom. The van der Waals surface area contributed by atoms with E-state index < -0.39 is 0 Å². The van der Waals surface area contributed by atoms with Crippen molar-refractivity contribution in [2.45, 2.75) is 13.5 Å². The summed E-state index contributed by atoms with van der Waals surface area (Å²) in [6.45, 7) is 2.18. The second kappa shape index (κ2) is 8.42. The molecule has 1 aliphatic heterocycles. The second-order valence-electron chi connectivity index (χ2n) is 6.78. The number of carbonyl (C=O) groups is 1. The molecule has 0 amide bonds. The van der Waals surface area contributed by atoms with Crippen molar-refractivity contribution in [3.8, 4) is 17.2 Å². The molecular weight excluding hydrogens is 423 g/mol. The molecule has 0 aromatic heterocycles. The Balaban J connectivity index is 1.58. The van der Waals surface area contributed by atoms with Gasteiger partial charge in [0.25, 0.3) is 0 Å². The van der Waals surface area contributed by atoms with E-state index in [-0.39, 0.29) is 11.5 Å². The monoisotopic (exact) mass is 440 g/mol. The molecule has 0 spiro atoms. The van der Waals surface area contributed by atoms with Gasteiger partial charge in [-0.05, 0) is 48.9 Å². The number of halogens is 2. The van der Waals surface area contributed by atoms with Crippen LogP contribution in [-0.2, 0) is 6.61 Å². The van der Waals surface area contributed by atoms with E-state index >= 15 is 0 Å². The molecule has 0 unspecified atom stereocenters. The zero-order valence-corrected chi connectivity index (χ0v) is 17.9. The largest absolute Gasteiger partial charge is 0.496 e. The molecule has 152 valence electrons. The maximum absolute atomic E-state index is 12.8. The average molecular weight is 441 g/mol. The maximum atomic E-state index is 12.8. The van der Waals surface area contributed by atoms with E-state index in [0.717, 1.165) is 16.7 Å². The standard InChI is InChI=1S/C24H18Cl2O4/c1-14-20(29-13-15-7-9-18(25)19(26)11-15)10-8-17-23(27)22(30-24(14)17)12-16-5-3-4-6-21(16)28-2/h3-12H,13H2,1-2H3/b22-12-. The lowest BCUT2D eigenvalue weighted by Gasteiger charge is -2.12. The van der Waals surface area contributed by atoms with Crippen molar-refractivity contribution in [2.75, 3.05) is 7.11 Å². The van der Waals surface area contributed by atoms with E-state index in [4.69, 9.17) is 37.4 Å². The van der Waals surface area contributed by atoms with Gasteiger partial charge in [0.1, 0.15) is 23.9 Å². The van der Waals surface area contributed by atoms with Crippen LogP contribution in [0.2, 0.25) is 10.0 Å². The van der Waals surface area contributed by atoms with Crippen molar-refractivity contribution < 1.29 is 19.0 Å². The Labute approximate surface area is 184 Å². The van der Waals surface area contributed by atoms with Crippen LogP contribution in [0.15, 0.2) is 60.4 Å². The Morgan fingerprint density at radius 3 is 2.57 bits per heavy atom. The first-order valence-electron chi connectivity index (χ1n) is 9.25. The number of fused-ring (bicyclic) bond motifs is 1. The number of hydrogen-bond donors (Lipinski definition) is 0. The molecule has 0 radical (unpaired) electrons. The number of Topliss-reactive ketones (excluding diaryl/α,β-unsaturated/α-hetero) is 1. The number of allylic oxidation sites excluding steroid dienone is 1. The molecule has 1 heterocycles. The maximum Gasteiger partial charge on any atom is 0.231 e. The minimum Gasteiger partial charge on any atom is -0.496 e. The Kier molecular flexibility index (Phi) is 5.71. The Bertz CT molecular complexity index is 1170. The van der Waals surface area contributed by atoms with Crippen molar-refractivity contribution in [1.82, 2.24) is 0 Å². The fourth-order valence-electron chi connectivity index (χ4n) is 3.24. The van der Waals surface area contributed by atoms with Crippen LogP contribution in [0.1, 0.15) is 27.0 Å². The third-order valence-corrected chi connectivity index (χ3v) is 5.58. The molecule has 0 saturated heterocycles. The van der Waals surface area contributed by atoms with Crippen molar-refractivity contribution in [3.05, 3.63) is 92.7 Å². The first kappa shape index (κ1) is 20.3. The topological polar surface area (TPSA) is 44.8 Å². The van der Waals surface area contributed by atoms with E-state index in [2.05, 4.69) is 0 Å². The summed E-state index contributed by atoms with van der Waals surface area (Å²) in [5.74, 6) is 1.88. The summed E-state index contributed by atoms with van der Waals surface area (Å²) in [5, 5.41) is 0.971. The molecule has 0 N–H and O–H groups in total.